The number of hydrogen-bond acceptors (Lipinski definition) is 4. The van der Waals surface area contributed by atoms with E-state index in [0.29, 0.717) is 24.2 Å². The third-order valence-electron chi connectivity index (χ3n) is 5.65. The van der Waals surface area contributed by atoms with E-state index >= 15 is 0 Å². The molecule has 32 heavy (non-hydrogen) atoms. The lowest BCUT2D eigenvalue weighted by Crippen LogP contribution is -2.51. The van der Waals surface area contributed by atoms with Gasteiger partial charge in [0.2, 0.25) is 5.91 Å². The van der Waals surface area contributed by atoms with Gasteiger partial charge in [-0.2, -0.15) is 0 Å². The highest BCUT2D eigenvalue weighted by Gasteiger charge is 2.28. The third kappa shape index (κ3) is 4.60. The van der Waals surface area contributed by atoms with Gasteiger partial charge in [0.25, 0.3) is 5.91 Å². The molecule has 0 aliphatic carbocycles. The molecule has 1 unspecified atom stereocenters. The van der Waals surface area contributed by atoms with Crippen LogP contribution < -0.4 is 5.32 Å². The van der Waals surface area contributed by atoms with Crippen molar-refractivity contribution in [2.75, 3.05) is 13.2 Å². The van der Waals surface area contributed by atoms with E-state index in [1.807, 2.05) is 30.3 Å². The lowest BCUT2D eigenvalue weighted by atomic mass is 9.99. The number of ketones is 1. The van der Waals surface area contributed by atoms with E-state index in [2.05, 4.69) is 5.32 Å². The van der Waals surface area contributed by atoms with Crippen LogP contribution in [0.4, 0.5) is 0 Å². The van der Waals surface area contributed by atoms with Gasteiger partial charge in [0.05, 0.1) is 6.61 Å². The largest absolute Gasteiger partial charge is 0.394 e. The summed E-state index contributed by atoms with van der Waals surface area (Å²) in [6.07, 6.45) is 0.734. The summed E-state index contributed by atoms with van der Waals surface area (Å²) in [6, 6.07) is 22.0. The van der Waals surface area contributed by atoms with Gasteiger partial charge < -0.3 is 15.3 Å². The monoisotopic (exact) mass is 428 g/mol. The van der Waals surface area contributed by atoms with E-state index in [4.69, 9.17) is 0 Å². The third-order valence-corrected chi connectivity index (χ3v) is 5.65. The first kappa shape index (κ1) is 21.5. The number of hydrogen-bond donors (Lipinski definition) is 2. The Morgan fingerprint density at radius 1 is 0.844 bits per heavy atom. The summed E-state index contributed by atoms with van der Waals surface area (Å²) < 4.78 is 0. The molecule has 0 saturated heterocycles. The van der Waals surface area contributed by atoms with E-state index in [1.54, 1.807) is 47.4 Å². The second kappa shape index (κ2) is 9.58. The Kier molecular flexibility index (Phi) is 6.42. The van der Waals surface area contributed by atoms with Crippen molar-refractivity contribution in [2.45, 2.75) is 19.0 Å². The summed E-state index contributed by atoms with van der Waals surface area (Å²) in [5.74, 6) is -1.04. The maximum Gasteiger partial charge on any atom is 0.252 e. The molecule has 4 rings (SSSR count). The molecular weight excluding hydrogens is 404 g/mol. The Bertz CT molecular complexity index is 1140. The molecule has 1 aliphatic rings. The van der Waals surface area contributed by atoms with Crippen LogP contribution in [0.5, 0.6) is 0 Å². The van der Waals surface area contributed by atoms with Crippen molar-refractivity contribution < 1.29 is 19.5 Å². The fourth-order valence-electron chi connectivity index (χ4n) is 3.89. The predicted octanol–water partition coefficient (Wildman–Crippen LogP) is 2.59. The number of carbonyl (C=O) groups is 3. The molecule has 1 heterocycles. The SMILES string of the molecule is O=C(NC(CO)C(=O)N1CCc2ccccc2C1)c1cccc(C(=O)c2ccccc2)c1. The molecule has 6 nitrogen and oxygen atoms in total. The molecule has 2 amide bonds. The first-order valence-corrected chi connectivity index (χ1v) is 10.5. The maximum atomic E-state index is 13.0. The van der Waals surface area contributed by atoms with E-state index in [1.165, 1.54) is 11.6 Å². The Morgan fingerprint density at radius 3 is 2.25 bits per heavy atom. The Balaban J connectivity index is 1.45. The van der Waals surface area contributed by atoms with E-state index in [0.717, 1.165) is 12.0 Å². The van der Waals surface area contributed by atoms with E-state index in [-0.39, 0.29) is 17.3 Å². The molecule has 0 aromatic heterocycles. The van der Waals surface area contributed by atoms with Gasteiger partial charge in [0, 0.05) is 29.8 Å². The highest BCUT2D eigenvalue weighted by molar-refractivity contribution is 6.10. The number of carbonyl (C=O) groups excluding carboxylic acids is 3. The van der Waals surface area contributed by atoms with Crippen LogP contribution in [-0.2, 0) is 17.8 Å². The van der Waals surface area contributed by atoms with Crippen molar-refractivity contribution in [3.05, 3.63) is 107 Å². The molecule has 3 aromatic rings. The summed E-state index contributed by atoms with van der Waals surface area (Å²) in [5.41, 5.74) is 3.44. The van der Waals surface area contributed by atoms with Crippen molar-refractivity contribution in [3.63, 3.8) is 0 Å². The number of amides is 2. The van der Waals surface area contributed by atoms with Crippen LogP contribution in [0.3, 0.4) is 0 Å². The fraction of sp³-hybridized carbons (Fsp3) is 0.192. The molecule has 2 N–H and O–H groups in total. The minimum Gasteiger partial charge on any atom is -0.394 e. The number of benzene rings is 3. The van der Waals surface area contributed by atoms with Crippen LogP contribution in [0.2, 0.25) is 0 Å². The number of nitrogens with one attached hydrogen (secondary N) is 1. The summed E-state index contributed by atoms with van der Waals surface area (Å²) in [4.78, 5) is 40.1. The Hall–Kier alpha value is -3.77. The van der Waals surface area contributed by atoms with Gasteiger partial charge in [-0.3, -0.25) is 14.4 Å². The normalized spacial score (nSPS) is 13.7. The molecule has 0 spiro atoms. The lowest BCUT2D eigenvalue weighted by molar-refractivity contribution is -0.135. The summed E-state index contributed by atoms with van der Waals surface area (Å²) >= 11 is 0. The van der Waals surface area contributed by atoms with Crippen LogP contribution in [0, 0.1) is 0 Å². The average Bonchev–Trinajstić information content (AvgIpc) is 2.86. The number of fused-ring (bicyclic) bond motifs is 1. The summed E-state index contributed by atoms with van der Waals surface area (Å²) in [6.45, 7) is 0.469. The van der Waals surface area contributed by atoms with E-state index < -0.39 is 18.6 Å². The smallest absolute Gasteiger partial charge is 0.252 e. The molecule has 0 bridgehead atoms. The van der Waals surface area contributed by atoms with Gasteiger partial charge in [0.1, 0.15) is 6.04 Å². The van der Waals surface area contributed by atoms with Crippen molar-refractivity contribution in [1.29, 1.82) is 0 Å². The second-order valence-corrected chi connectivity index (χ2v) is 7.76. The zero-order valence-electron chi connectivity index (χ0n) is 17.5. The van der Waals surface area contributed by atoms with Gasteiger partial charge in [-0.1, -0.05) is 66.7 Å². The predicted molar refractivity (Wildman–Crippen MR) is 120 cm³/mol. The van der Waals surface area contributed by atoms with E-state index in [9.17, 15) is 19.5 Å². The Morgan fingerprint density at radius 2 is 1.50 bits per heavy atom. The zero-order chi connectivity index (χ0) is 22.5. The maximum absolute atomic E-state index is 13.0. The van der Waals surface area contributed by atoms with Crippen LogP contribution in [-0.4, -0.2) is 46.8 Å². The van der Waals surface area contributed by atoms with Crippen LogP contribution in [0.1, 0.15) is 37.4 Å². The van der Waals surface area contributed by atoms with Crippen molar-refractivity contribution in [1.82, 2.24) is 10.2 Å². The van der Waals surface area contributed by atoms with Gasteiger partial charge in [-0.05, 0) is 29.7 Å². The lowest BCUT2D eigenvalue weighted by Gasteiger charge is -2.31. The molecule has 0 fully saturated rings. The number of aliphatic hydroxyl groups excluding tert-OH is 1. The first-order chi connectivity index (χ1) is 15.6. The van der Waals surface area contributed by atoms with Crippen molar-refractivity contribution in [2.24, 2.45) is 0 Å². The fourth-order valence-corrected chi connectivity index (χ4v) is 3.89. The van der Waals surface area contributed by atoms with Crippen molar-refractivity contribution >= 4 is 17.6 Å². The standard InChI is InChI=1S/C26H24N2O4/c29-17-23(26(32)28-14-13-18-7-4-5-10-22(18)16-28)27-25(31)21-12-6-11-20(15-21)24(30)19-8-2-1-3-9-19/h1-12,15,23,29H,13-14,16-17H2,(H,27,31). The highest BCUT2D eigenvalue weighted by Crippen LogP contribution is 2.19. The molecule has 162 valence electrons. The van der Waals surface area contributed by atoms with Crippen LogP contribution in [0.25, 0.3) is 0 Å². The van der Waals surface area contributed by atoms with Gasteiger partial charge >= 0.3 is 0 Å². The topological polar surface area (TPSA) is 86.7 Å². The van der Waals surface area contributed by atoms with Gasteiger partial charge in [-0.15, -0.1) is 0 Å². The van der Waals surface area contributed by atoms with Gasteiger partial charge in [-0.25, -0.2) is 0 Å². The first-order valence-electron chi connectivity index (χ1n) is 10.5. The molecule has 1 aliphatic heterocycles. The average molecular weight is 428 g/mol. The van der Waals surface area contributed by atoms with Crippen molar-refractivity contribution in [3.8, 4) is 0 Å². The van der Waals surface area contributed by atoms with Gasteiger partial charge in [0.15, 0.2) is 5.78 Å². The zero-order valence-corrected chi connectivity index (χ0v) is 17.5. The molecule has 1 atom stereocenters. The minimum absolute atomic E-state index is 0.193. The van der Waals surface area contributed by atoms with Crippen LogP contribution >= 0.6 is 0 Å². The number of rotatable bonds is 6. The highest BCUT2D eigenvalue weighted by atomic mass is 16.3. The van der Waals surface area contributed by atoms with Crippen LogP contribution in [0.15, 0.2) is 78.9 Å². The summed E-state index contributed by atoms with van der Waals surface area (Å²) in [7, 11) is 0. The quantitative estimate of drug-likeness (QED) is 0.591. The molecule has 3 aromatic carbocycles. The molecule has 6 heteroatoms. The molecule has 0 saturated carbocycles. The molecule has 0 radical (unpaired) electrons. The minimum atomic E-state index is -1.05. The Labute approximate surface area is 186 Å². The number of nitrogens with zero attached hydrogens (tertiary/aromatic N) is 1. The summed E-state index contributed by atoms with van der Waals surface area (Å²) in [5, 5.41) is 12.4. The number of aliphatic hydroxyl groups is 1. The molecular formula is C26H24N2O4. The second-order valence-electron chi connectivity index (χ2n) is 7.76.